The lowest BCUT2D eigenvalue weighted by Gasteiger charge is -2.06. The second-order valence-electron chi connectivity index (χ2n) is 4.07. The van der Waals surface area contributed by atoms with Crippen molar-refractivity contribution in [3.63, 3.8) is 0 Å². The summed E-state index contributed by atoms with van der Waals surface area (Å²) < 4.78 is 4.66. The van der Waals surface area contributed by atoms with E-state index in [4.69, 9.17) is 16.7 Å². The molecule has 0 bridgehead atoms. The summed E-state index contributed by atoms with van der Waals surface area (Å²) in [5.74, 6) is -1.51. The molecule has 0 fully saturated rings. The molecular weight excluding hydrogens is 280 g/mol. The number of halogens is 1. The summed E-state index contributed by atoms with van der Waals surface area (Å²) in [6, 6.07) is 11.5. The van der Waals surface area contributed by atoms with Gasteiger partial charge in [-0.15, -0.1) is 0 Å². The molecule has 0 saturated carbocycles. The van der Waals surface area contributed by atoms with Crippen molar-refractivity contribution in [2.45, 2.75) is 0 Å². The third kappa shape index (κ3) is 2.81. The summed E-state index contributed by atoms with van der Waals surface area (Å²) in [4.78, 5) is 22.4. The van der Waals surface area contributed by atoms with Gasteiger partial charge in [0.05, 0.1) is 23.3 Å². The van der Waals surface area contributed by atoms with E-state index in [-0.39, 0.29) is 10.6 Å². The fourth-order valence-corrected chi connectivity index (χ4v) is 2.07. The lowest BCUT2D eigenvalue weighted by atomic mass is 10.0. The Balaban J connectivity index is 2.44. The minimum atomic E-state index is -1.08. The van der Waals surface area contributed by atoms with E-state index in [2.05, 4.69) is 4.74 Å². The van der Waals surface area contributed by atoms with E-state index >= 15 is 0 Å². The molecule has 1 N–H and O–H groups in total. The van der Waals surface area contributed by atoms with Crippen LogP contribution in [-0.2, 0) is 4.74 Å². The van der Waals surface area contributed by atoms with E-state index in [1.807, 2.05) is 0 Å². The molecule has 0 spiro atoms. The standard InChI is InChI=1S/C15H11ClO4/c1-20-15(19)11-4-2-3-9(7-11)10-5-6-12(14(17)18)13(16)8-10/h2-8H,1H3,(H,17,18). The summed E-state index contributed by atoms with van der Waals surface area (Å²) in [5, 5.41) is 9.08. The highest BCUT2D eigenvalue weighted by molar-refractivity contribution is 6.33. The predicted octanol–water partition coefficient (Wildman–Crippen LogP) is 3.49. The monoisotopic (exact) mass is 290 g/mol. The summed E-state index contributed by atoms with van der Waals surface area (Å²) >= 11 is 5.93. The summed E-state index contributed by atoms with van der Waals surface area (Å²) in [6.07, 6.45) is 0. The van der Waals surface area contributed by atoms with Crippen LogP contribution in [0, 0.1) is 0 Å². The van der Waals surface area contributed by atoms with Gasteiger partial charge in [-0.25, -0.2) is 9.59 Å². The molecule has 5 heteroatoms. The van der Waals surface area contributed by atoms with Crippen molar-refractivity contribution in [2.75, 3.05) is 7.11 Å². The third-order valence-electron chi connectivity index (χ3n) is 2.82. The van der Waals surface area contributed by atoms with Gasteiger partial charge in [-0.05, 0) is 35.4 Å². The smallest absolute Gasteiger partial charge is 0.337 e. The number of carbonyl (C=O) groups is 2. The Morgan fingerprint density at radius 3 is 2.40 bits per heavy atom. The highest BCUT2D eigenvalue weighted by Crippen LogP contribution is 2.26. The maximum Gasteiger partial charge on any atom is 0.337 e. The van der Waals surface area contributed by atoms with Gasteiger partial charge in [-0.1, -0.05) is 29.8 Å². The number of hydrogen-bond donors (Lipinski definition) is 1. The van der Waals surface area contributed by atoms with Crippen LogP contribution in [0.5, 0.6) is 0 Å². The molecule has 0 atom stereocenters. The van der Waals surface area contributed by atoms with Crippen molar-refractivity contribution < 1.29 is 19.4 Å². The van der Waals surface area contributed by atoms with Crippen molar-refractivity contribution in [1.82, 2.24) is 0 Å². The van der Waals surface area contributed by atoms with Gasteiger partial charge < -0.3 is 9.84 Å². The molecule has 4 nitrogen and oxygen atoms in total. The van der Waals surface area contributed by atoms with Crippen LogP contribution in [0.3, 0.4) is 0 Å². The molecular formula is C15H11ClO4. The molecule has 0 unspecified atom stereocenters. The zero-order chi connectivity index (χ0) is 14.7. The van der Waals surface area contributed by atoms with Crippen molar-refractivity contribution in [3.8, 4) is 11.1 Å². The van der Waals surface area contributed by atoms with Crippen molar-refractivity contribution in [1.29, 1.82) is 0 Å². The molecule has 0 aliphatic rings. The van der Waals surface area contributed by atoms with E-state index in [0.29, 0.717) is 5.56 Å². The van der Waals surface area contributed by atoms with Crippen LogP contribution in [0.4, 0.5) is 0 Å². The second kappa shape index (κ2) is 5.75. The molecule has 2 aromatic carbocycles. The molecule has 0 aliphatic heterocycles. The van der Waals surface area contributed by atoms with Gasteiger partial charge in [-0.2, -0.15) is 0 Å². The number of aromatic carboxylic acids is 1. The third-order valence-corrected chi connectivity index (χ3v) is 3.13. The van der Waals surface area contributed by atoms with Gasteiger partial charge in [0.1, 0.15) is 0 Å². The van der Waals surface area contributed by atoms with Gasteiger partial charge in [0.2, 0.25) is 0 Å². The lowest BCUT2D eigenvalue weighted by molar-refractivity contribution is 0.0600. The van der Waals surface area contributed by atoms with Crippen molar-refractivity contribution >= 4 is 23.5 Å². The second-order valence-corrected chi connectivity index (χ2v) is 4.48. The van der Waals surface area contributed by atoms with Crippen LogP contribution in [0.25, 0.3) is 11.1 Å². The number of carbonyl (C=O) groups excluding carboxylic acids is 1. The highest BCUT2D eigenvalue weighted by Gasteiger charge is 2.11. The summed E-state index contributed by atoms with van der Waals surface area (Å²) in [6.45, 7) is 0. The van der Waals surface area contributed by atoms with E-state index in [1.54, 1.807) is 36.4 Å². The zero-order valence-electron chi connectivity index (χ0n) is 10.6. The van der Waals surface area contributed by atoms with Gasteiger partial charge in [0, 0.05) is 0 Å². The fraction of sp³-hybridized carbons (Fsp3) is 0.0667. The number of rotatable bonds is 3. The van der Waals surface area contributed by atoms with E-state index in [0.717, 1.165) is 11.1 Å². The topological polar surface area (TPSA) is 63.6 Å². The number of hydrogen-bond acceptors (Lipinski definition) is 3. The summed E-state index contributed by atoms with van der Waals surface area (Å²) in [7, 11) is 1.31. The Morgan fingerprint density at radius 1 is 1.10 bits per heavy atom. The Morgan fingerprint density at radius 2 is 1.80 bits per heavy atom. The van der Waals surface area contributed by atoms with E-state index in [9.17, 15) is 9.59 Å². The van der Waals surface area contributed by atoms with Crippen LogP contribution < -0.4 is 0 Å². The van der Waals surface area contributed by atoms with Gasteiger partial charge in [-0.3, -0.25) is 0 Å². The maximum atomic E-state index is 11.5. The van der Waals surface area contributed by atoms with Crippen LogP contribution in [0.2, 0.25) is 5.02 Å². The Labute approximate surface area is 120 Å². The summed E-state index contributed by atoms with van der Waals surface area (Å²) in [5.41, 5.74) is 1.94. The van der Waals surface area contributed by atoms with Crippen LogP contribution in [0.15, 0.2) is 42.5 Å². The van der Waals surface area contributed by atoms with Crippen molar-refractivity contribution in [3.05, 3.63) is 58.6 Å². The minimum absolute atomic E-state index is 0.0412. The molecule has 0 aromatic heterocycles. The quantitative estimate of drug-likeness (QED) is 0.879. The molecule has 0 radical (unpaired) electrons. The van der Waals surface area contributed by atoms with Crippen LogP contribution in [-0.4, -0.2) is 24.2 Å². The van der Waals surface area contributed by atoms with E-state index in [1.165, 1.54) is 13.2 Å². The Hall–Kier alpha value is -2.33. The first-order chi connectivity index (χ1) is 9.52. The minimum Gasteiger partial charge on any atom is -0.478 e. The normalized spacial score (nSPS) is 10.1. The molecule has 2 aromatic rings. The van der Waals surface area contributed by atoms with Crippen LogP contribution in [0.1, 0.15) is 20.7 Å². The average Bonchev–Trinajstić information content (AvgIpc) is 2.46. The molecule has 2 rings (SSSR count). The molecule has 20 heavy (non-hydrogen) atoms. The van der Waals surface area contributed by atoms with E-state index < -0.39 is 11.9 Å². The number of carboxylic acid groups (broad SMARTS) is 1. The van der Waals surface area contributed by atoms with Crippen molar-refractivity contribution in [2.24, 2.45) is 0 Å². The Bertz CT molecular complexity index is 679. The number of ether oxygens (including phenoxy) is 1. The number of esters is 1. The SMILES string of the molecule is COC(=O)c1cccc(-c2ccc(C(=O)O)c(Cl)c2)c1. The number of methoxy groups -OCH3 is 1. The Kier molecular flexibility index (Phi) is 4.05. The first kappa shape index (κ1) is 14.1. The predicted molar refractivity (Wildman–Crippen MR) is 75.2 cm³/mol. The zero-order valence-corrected chi connectivity index (χ0v) is 11.3. The lowest BCUT2D eigenvalue weighted by Crippen LogP contribution is -2.01. The molecule has 0 heterocycles. The number of carboxylic acids is 1. The number of benzene rings is 2. The average molecular weight is 291 g/mol. The molecule has 102 valence electrons. The van der Waals surface area contributed by atoms with Gasteiger partial charge >= 0.3 is 11.9 Å². The van der Waals surface area contributed by atoms with Gasteiger partial charge in [0.25, 0.3) is 0 Å². The molecule has 0 aliphatic carbocycles. The largest absolute Gasteiger partial charge is 0.478 e. The molecule has 0 saturated heterocycles. The van der Waals surface area contributed by atoms with Gasteiger partial charge in [0.15, 0.2) is 0 Å². The molecule has 0 amide bonds. The first-order valence-electron chi connectivity index (χ1n) is 5.74. The maximum absolute atomic E-state index is 11.5. The fourth-order valence-electron chi connectivity index (χ4n) is 1.81. The highest BCUT2D eigenvalue weighted by atomic mass is 35.5. The first-order valence-corrected chi connectivity index (χ1v) is 6.12. The van der Waals surface area contributed by atoms with Crippen LogP contribution >= 0.6 is 11.6 Å².